The fourth-order valence-electron chi connectivity index (χ4n) is 3.04. The molecule has 1 unspecified atom stereocenters. The lowest BCUT2D eigenvalue weighted by Gasteiger charge is -2.17. The van der Waals surface area contributed by atoms with E-state index in [2.05, 4.69) is 73.7 Å². The van der Waals surface area contributed by atoms with Gasteiger partial charge in [-0.1, -0.05) is 73.7 Å². The minimum atomic E-state index is 0.477. The van der Waals surface area contributed by atoms with Crippen LogP contribution in [0.5, 0.6) is 0 Å². The second kappa shape index (κ2) is 6.11. The lowest BCUT2D eigenvalue weighted by atomic mass is 9.88. The third-order valence-corrected chi connectivity index (χ3v) is 4.17. The molecule has 0 aliphatic heterocycles. The summed E-state index contributed by atoms with van der Waals surface area (Å²) in [7, 11) is 0. The molecule has 1 nitrogen and oxygen atoms in total. The second-order valence-corrected chi connectivity index (χ2v) is 5.59. The van der Waals surface area contributed by atoms with Crippen molar-refractivity contribution in [3.8, 4) is 11.1 Å². The molecule has 0 aromatic heterocycles. The highest BCUT2D eigenvalue weighted by atomic mass is 14.5. The normalized spacial score (nSPS) is 12.5. The van der Waals surface area contributed by atoms with Crippen LogP contribution in [0.15, 0.2) is 66.7 Å². The molecule has 2 N–H and O–H groups in total. The Kier molecular flexibility index (Phi) is 4.03. The van der Waals surface area contributed by atoms with Crippen LogP contribution >= 0.6 is 0 Å². The van der Waals surface area contributed by atoms with Gasteiger partial charge in [0.2, 0.25) is 0 Å². The number of hydrogen-bond acceptors (Lipinski definition) is 1. The monoisotopic (exact) mass is 275 g/mol. The smallest absolute Gasteiger partial charge is 0.00715 e. The largest absolute Gasteiger partial charge is 0.330 e. The molecule has 106 valence electrons. The van der Waals surface area contributed by atoms with Gasteiger partial charge in [0.25, 0.3) is 0 Å². The van der Waals surface area contributed by atoms with E-state index in [4.69, 9.17) is 5.73 Å². The molecule has 3 rings (SSSR count). The first-order valence-electron chi connectivity index (χ1n) is 7.58. The van der Waals surface area contributed by atoms with Crippen molar-refractivity contribution in [3.05, 3.63) is 72.3 Å². The molecule has 3 aromatic carbocycles. The number of fused-ring (bicyclic) bond motifs is 1. The molecule has 0 saturated heterocycles. The van der Waals surface area contributed by atoms with E-state index in [0.29, 0.717) is 5.92 Å². The molecule has 1 heteroatoms. The Labute approximate surface area is 126 Å². The van der Waals surface area contributed by atoms with Gasteiger partial charge < -0.3 is 5.73 Å². The molecule has 3 aromatic rings. The van der Waals surface area contributed by atoms with Crippen molar-refractivity contribution in [2.75, 3.05) is 6.54 Å². The standard InChI is InChI=1S/C20H21N/c1-15(13-14-21)17-9-4-5-11-19(17)20-12-6-8-16-7-2-3-10-18(16)20/h2-12,15H,13-14,21H2,1H3. The van der Waals surface area contributed by atoms with E-state index in [1.807, 2.05) is 0 Å². The van der Waals surface area contributed by atoms with Gasteiger partial charge in [0.15, 0.2) is 0 Å². The number of hydrogen-bond donors (Lipinski definition) is 1. The zero-order chi connectivity index (χ0) is 14.7. The van der Waals surface area contributed by atoms with Gasteiger partial charge in [0, 0.05) is 0 Å². The maximum absolute atomic E-state index is 5.75. The van der Waals surface area contributed by atoms with Gasteiger partial charge in [0.1, 0.15) is 0 Å². The lowest BCUT2D eigenvalue weighted by molar-refractivity contribution is 0.691. The van der Waals surface area contributed by atoms with E-state index in [1.54, 1.807) is 0 Å². The van der Waals surface area contributed by atoms with Crippen LogP contribution in [0.3, 0.4) is 0 Å². The van der Waals surface area contributed by atoms with E-state index >= 15 is 0 Å². The van der Waals surface area contributed by atoms with Crippen LogP contribution in [0.4, 0.5) is 0 Å². The summed E-state index contributed by atoms with van der Waals surface area (Å²) in [6, 6.07) is 23.8. The van der Waals surface area contributed by atoms with Gasteiger partial charge in [-0.15, -0.1) is 0 Å². The fourth-order valence-corrected chi connectivity index (χ4v) is 3.04. The summed E-state index contributed by atoms with van der Waals surface area (Å²) in [5.74, 6) is 0.477. The van der Waals surface area contributed by atoms with Crippen LogP contribution in [-0.4, -0.2) is 6.54 Å². The van der Waals surface area contributed by atoms with Crippen molar-refractivity contribution >= 4 is 10.8 Å². The summed E-state index contributed by atoms with van der Waals surface area (Å²) in [5.41, 5.74) is 9.78. The summed E-state index contributed by atoms with van der Waals surface area (Å²) in [5, 5.41) is 2.60. The Bertz CT molecular complexity index is 740. The molecule has 0 heterocycles. The summed E-state index contributed by atoms with van der Waals surface area (Å²) < 4.78 is 0. The van der Waals surface area contributed by atoms with E-state index in [9.17, 15) is 0 Å². The highest BCUT2D eigenvalue weighted by Crippen LogP contribution is 2.34. The first-order valence-corrected chi connectivity index (χ1v) is 7.58. The zero-order valence-electron chi connectivity index (χ0n) is 12.4. The molecule has 0 saturated carbocycles. The zero-order valence-corrected chi connectivity index (χ0v) is 12.4. The van der Waals surface area contributed by atoms with Crippen molar-refractivity contribution in [2.45, 2.75) is 19.3 Å². The van der Waals surface area contributed by atoms with Gasteiger partial charge >= 0.3 is 0 Å². The highest BCUT2D eigenvalue weighted by molar-refractivity contribution is 5.97. The minimum Gasteiger partial charge on any atom is -0.330 e. The molecule has 1 atom stereocenters. The van der Waals surface area contributed by atoms with E-state index in [-0.39, 0.29) is 0 Å². The van der Waals surface area contributed by atoms with Crippen molar-refractivity contribution in [3.63, 3.8) is 0 Å². The number of nitrogens with two attached hydrogens (primary N) is 1. The number of rotatable bonds is 4. The Morgan fingerprint density at radius 2 is 1.48 bits per heavy atom. The van der Waals surface area contributed by atoms with E-state index < -0.39 is 0 Å². The average Bonchev–Trinajstić information content (AvgIpc) is 2.54. The summed E-state index contributed by atoms with van der Waals surface area (Å²) in [4.78, 5) is 0. The highest BCUT2D eigenvalue weighted by Gasteiger charge is 2.12. The van der Waals surface area contributed by atoms with E-state index in [0.717, 1.165) is 13.0 Å². The van der Waals surface area contributed by atoms with Crippen LogP contribution in [0.25, 0.3) is 21.9 Å². The van der Waals surface area contributed by atoms with Gasteiger partial charge in [-0.05, 0) is 46.3 Å². The maximum Gasteiger partial charge on any atom is -0.00715 e. The summed E-state index contributed by atoms with van der Waals surface area (Å²) in [6.45, 7) is 2.99. The van der Waals surface area contributed by atoms with Crippen LogP contribution in [0, 0.1) is 0 Å². The molecule has 0 aliphatic carbocycles. The van der Waals surface area contributed by atoms with Crippen LogP contribution < -0.4 is 5.73 Å². The van der Waals surface area contributed by atoms with Crippen LogP contribution in [0.2, 0.25) is 0 Å². The Hall–Kier alpha value is -2.12. The second-order valence-electron chi connectivity index (χ2n) is 5.59. The third-order valence-electron chi connectivity index (χ3n) is 4.17. The fraction of sp³-hybridized carbons (Fsp3) is 0.200. The predicted molar refractivity (Wildman–Crippen MR) is 91.5 cm³/mol. The molecule has 21 heavy (non-hydrogen) atoms. The Morgan fingerprint density at radius 3 is 2.33 bits per heavy atom. The molecular formula is C20H21N. The van der Waals surface area contributed by atoms with Gasteiger partial charge in [-0.3, -0.25) is 0 Å². The minimum absolute atomic E-state index is 0.477. The van der Waals surface area contributed by atoms with Crippen molar-refractivity contribution in [2.24, 2.45) is 5.73 Å². The summed E-state index contributed by atoms with van der Waals surface area (Å²) in [6.07, 6.45) is 1.02. The van der Waals surface area contributed by atoms with Gasteiger partial charge in [0.05, 0.1) is 0 Å². The molecule has 0 amide bonds. The van der Waals surface area contributed by atoms with Crippen LogP contribution in [-0.2, 0) is 0 Å². The quantitative estimate of drug-likeness (QED) is 0.715. The topological polar surface area (TPSA) is 26.0 Å². The molecule has 0 bridgehead atoms. The van der Waals surface area contributed by atoms with Crippen molar-refractivity contribution in [1.29, 1.82) is 0 Å². The third kappa shape index (κ3) is 2.70. The SMILES string of the molecule is CC(CCN)c1ccccc1-c1cccc2ccccc12. The average molecular weight is 275 g/mol. The molecule has 0 fully saturated rings. The Balaban J connectivity index is 2.19. The van der Waals surface area contributed by atoms with Crippen LogP contribution in [0.1, 0.15) is 24.8 Å². The van der Waals surface area contributed by atoms with Gasteiger partial charge in [-0.25, -0.2) is 0 Å². The number of benzene rings is 3. The molecule has 0 spiro atoms. The first-order chi connectivity index (χ1) is 10.3. The maximum atomic E-state index is 5.75. The van der Waals surface area contributed by atoms with Crippen molar-refractivity contribution in [1.82, 2.24) is 0 Å². The summed E-state index contributed by atoms with van der Waals surface area (Å²) >= 11 is 0. The lowest BCUT2D eigenvalue weighted by Crippen LogP contribution is -2.05. The van der Waals surface area contributed by atoms with E-state index in [1.165, 1.54) is 27.5 Å². The van der Waals surface area contributed by atoms with Crippen molar-refractivity contribution < 1.29 is 0 Å². The predicted octanol–water partition coefficient (Wildman–Crippen LogP) is 4.96. The van der Waals surface area contributed by atoms with Gasteiger partial charge in [-0.2, -0.15) is 0 Å². The Morgan fingerprint density at radius 1 is 0.810 bits per heavy atom. The molecular weight excluding hydrogens is 254 g/mol. The molecule has 0 radical (unpaired) electrons. The first kappa shape index (κ1) is 13.8. The molecule has 0 aliphatic rings.